The molecular formula is C17H10BrN. The molecule has 1 heterocycles. The van der Waals surface area contributed by atoms with Crippen molar-refractivity contribution in [2.75, 3.05) is 0 Å². The smallest absolute Gasteiger partial charge is 0.114 e. The van der Waals surface area contributed by atoms with E-state index in [4.69, 9.17) is 0 Å². The molecule has 19 heavy (non-hydrogen) atoms. The van der Waals surface area contributed by atoms with Crippen LogP contribution in [0.15, 0.2) is 65.3 Å². The highest BCUT2D eigenvalue weighted by molar-refractivity contribution is 9.10. The van der Waals surface area contributed by atoms with Crippen molar-refractivity contribution in [2.45, 2.75) is 0 Å². The molecule has 0 unspecified atom stereocenters. The average Bonchev–Trinajstić information content (AvgIpc) is 2.46. The third kappa shape index (κ3) is 1.64. The van der Waals surface area contributed by atoms with Crippen LogP contribution in [0.3, 0.4) is 0 Å². The minimum atomic E-state index is 0.908. The number of halogens is 1. The Kier molecular flexibility index (Phi) is 2.32. The van der Waals surface area contributed by atoms with Crippen LogP contribution in [0.4, 0.5) is 0 Å². The van der Waals surface area contributed by atoms with Crippen molar-refractivity contribution < 1.29 is 0 Å². The summed E-state index contributed by atoms with van der Waals surface area (Å²) in [6.07, 6.45) is 0. The van der Waals surface area contributed by atoms with Gasteiger partial charge in [0.05, 0.1) is 5.52 Å². The van der Waals surface area contributed by atoms with E-state index < -0.39 is 0 Å². The quantitative estimate of drug-likeness (QED) is 0.244. The number of rotatable bonds is 0. The third-order valence-electron chi connectivity index (χ3n) is 3.52. The first-order valence-corrected chi connectivity index (χ1v) is 6.99. The molecule has 0 radical (unpaired) electrons. The Labute approximate surface area is 119 Å². The molecule has 1 nitrogen and oxygen atoms in total. The first kappa shape index (κ1) is 10.9. The second-order valence-corrected chi connectivity index (χ2v) is 5.42. The van der Waals surface area contributed by atoms with Crippen LogP contribution in [0.2, 0.25) is 0 Å². The largest absolute Gasteiger partial charge is 0.240 e. The van der Waals surface area contributed by atoms with Gasteiger partial charge in [0.2, 0.25) is 0 Å². The standard InChI is InChI=1S/C17H10BrN/c18-17-14-8-4-3-7-13(14)15-9-11-5-1-2-6-12(11)10-16(15)19-17/h1-10H. The number of pyridine rings is 1. The number of aromatic nitrogens is 1. The van der Waals surface area contributed by atoms with Crippen LogP contribution in [0.1, 0.15) is 0 Å². The normalized spacial score (nSPS) is 11.4. The van der Waals surface area contributed by atoms with E-state index in [0.717, 1.165) is 15.5 Å². The van der Waals surface area contributed by atoms with Crippen LogP contribution in [-0.4, -0.2) is 4.98 Å². The summed E-state index contributed by atoms with van der Waals surface area (Å²) in [7, 11) is 0. The molecule has 0 spiro atoms. The van der Waals surface area contributed by atoms with Crippen molar-refractivity contribution in [1.82, 2.24) is 4.98 Å². The molecule has 0 bridgehead atoms. The van der Waals surface area contributed by atoms with E-state index in [0.29, 0.717) is 0 Å². The number of hydrogen-bond acceptors (Lipinski definition) is 1. The molecule has 0 saturated heterocycles. The number of hydrogen-bond donors (Lipinski definition) is 0. The highest BCUT2D eigenvalue weighted by Gasteiger charge is 2.06. The Balaban J connectivity index is 2.29. The maximum absolute atomic E-state index is 4.67. The van der Waals surface area contributed by atoms with Gasteiger partial charge in [-0.25, -0.2) is 4.98 Å². The molecule has 2 heteroatoms. The van der Waals surface area contributed by atoms with Gasteiger partial charge in [-0.3, -0.25) is 0 Å². The van der Waals surface area contributed by atoms with E-state index >= 15 is 0 Å². The summed E-state index contributed by atoms with van der Waals surface area (Å²) >= 11 is 3.57. The molecule has 0 aliphatic rings. The van der Waals surface area contributed by atoms with Crippen molar-refractivity contribution in [2.24, 2.45) is 0 Å². The second kappa shape index (κ2) is 4.04. The van der Waals surface area contributed by atoms with Crippen molar-refractivity contribution >= 4 is 48.4 Å². The zero-order valence-corrected chi connectivity index (χ0v) is 11.7. The van der Waals surface area contributed by atoms with Crippen LogP contribution in [0.5, 0.6) is 0 Å². The minimum absolute atomic E-state index is 0.908. The molecule has 0 aliphatic heterocycles. The summed E-state index contributed by atoms with van der Waals surface area (Å²) < 4.78 is 0.908. The lowest BCUT2D eigenvalue weighted by Gasteiger charge is -2.07. The molecule has 4 rings (SSSR count). The Morgan fingerprint density at radius 3 is 2.11 bits per heavy atom. The summed E-state index contributed by atoms with van der Waals surface area (Å²) in [6, 6.07) is 21.2. The Bertz CT molecular complexity index is 928. The van der Waals surface area contributed by atoms with Gasteiger partial charge in [0.15, 0.2) is 0 Å². The lowest BCUT2D eigenvalue weighted by atomic mass is 10.0. The van der Waals surface area contributed by atoms with Gasteiger partial charge in [-0.05, 0) is 44.2 Å². The lowest BCUT2D eigenvalue weighted by molar-refractivity contribution is 1.39. The lowest BCUT2D eigenvalue weighted by Crippen LogP contribution is -1.85. The summed E-state index contributed by atoms with van der Waals surface area (Å²) in [4.78, 5) is 4.67. The second-order valence-electron chi connectivity index (χ2n) is 4.66. The maximum Gasteiger partial charge on any atom is 0.114 e. The fourth-order valence-electron chi connectivity index (χ4n) is 2.60. The van der Waals surface area contributed by atoms with Crippen molar-refractivity contribution in [3.8, 4) is 0 Å². The SMILES string of the molecule is Brc1nc2cc3ccccc3cc2c2ccccc12. The maximum atomic E-state index is 4.67. The molecule has 0 aliphatic carbocycles. The van der Waals surface area contributed by atoms with Crippen molar-refractivity contribution in [3.05, 3.63) is 65.3 Å². The van der Waals surface area contributed by atoms with Gasteiger partial charge in [0.1, 0.15) is 4.60 Å². The third-order valence-corrected chi connectivity index (χ3v) is 4.13. The summed E-state index contributed by atoms with van der Waals surface area (Å²) in [6.45, 7) is 0. The molecule has 0 amide bonds. The van der Waals surface area contributed by atoms with E-state index in [1.165, 1.54) is 21.5 Å². The molecule has 0 saturated carbocycles. The van der Waals surface area contributed by atoms with E-state index in [1.807, 2.05) is 6.07 Å². The minimum Gasteiger partial charge on any atom is -0.240 e. The monoisotopic (exact) mass is 307 g/mol. The van der Waals surface area contributed by atoms with E-state index in [9.17, 15) is 0 Å². The molecule has 0 N–H and O–H groups in total. The van der Waals surface area contributed by atoms with Crippen LogP contribution in [0.25, 0.3) is 32.4 Å². The highest BCUT2D eigenvalue weighted by Crippen LogP contribution is 2.31. The zero-order valence-electron chi connectivity index (χ0n) is 10.1. The van der Waals surface area contributed by atoms with Crippen LogP contribution in [0, 0.1) is 0 Å². The fourth-order valence-corrected chi connectivity index (χ4v) is 3.14. The molecule has 0 fully saturated rings. The Morgan fingerprint density at radius 2 is 1.32 bits per heavy atom. The Morgan fingerprint density at radius 1 is 0.684 bits per heavy atom. The van der Waals surface area contributed by atoms with Gasteiger partial charge < -0.3 is 0 Å². The predicted octanol–water partition coefficient (Wildman–Crippen LogP) is 5.30. The average molecular weight is 308 g/mol. The zero-order chi connectivity index (χ0) is 12.8. The van der Waals surface area contributed by atoms with E-state index in [-0.39, 0.29) is 0 Å². The topological polar surface area (TPSA) is 12.9 Å². The molecule has 4 aromatic rings. The molecular weight excluding hydrogens is 298 g/mol. The van der Waals surface area contributed by atoms with Gasteiger partial charge in [0.25, 0.3) is 0 Å². The van der Waals surface area contributed by atoms with Gasteiger partial charge in [0, 0.05) is 10.8 Å². The summed E-state index contributed by atoms with van der Waals surface area (Å²) in [5.41, 5.74) is 1.03. The van der Waals surface area contributed by atoms with Crippen LogP contribution in [-0.2, 0) is 0 Å². The van der Waals surface area contributed by atoms with Crippen molar-refractivity contribution in [1.29, 1.82) is 0 Å². The van der Waals surface area contributed by atoms with E-state index in [1.54, 1.807) is 0 Å². The molecule has 90 valence electrons. The first-order valence-electron chi connectivity index (χ1n) is 6.20. The fraction of sp³-hybridized carbons (Fsp3) is 0. The number of nitrogens with zero attached hydrogens (tertiary/aromatic N) is 1. The van der Waals surface area contributed by atoms with Gasteiger partial charge in [-0.15, -0.1) is 0 Å². The molecule has 1 aromatic heterocycles. The number of fused-ring (bicyclic) bond motifs is 4. The van der Waals surface area contributed by atoms with Crippen LogP contribution < -0.4 is 0 Å². The van der Waals surface area contributed by atoms with Crippen molar-refractivity contribution in [3.63, 3.8) is 0 Å². The predicted molar refractivity (Wildman–Crippen MR) is 84.5 cm³/mol. The summed E-state index contributed by atoms with van der Waals surface area (Å²) in [5.74, 6) is 0. The number of benzene rings is 3. The molecule has 0 atom stereocenters. The Hall–Kier alpha value is -1.93. The summed E-state index contributed by atoms with van der Waals surface area (Å²) in [5, 5.41) is 6.09. The van der Waals surface area contributed by atoms with E-state index in [2.05, 4.69) is 75.5 Å². The van der Waals surface area contributed by atoms with Gasteiger partial charge in [-0.1, -0.05) is 48.5 Å². The van der Waals surface area contributed by atoms with Gasteiger partial charge in [-0.2, -0.15) is 0 Å². The molecule has 3 aromatic carbocycles. The van der Waals surface area contributed by atoms with Gasteiger partial charge >= 0.3 is 0 Å². The first-order chi connectivity index (χ1) is 9.33. The van der Waals surface area contributed by atoms with Crippen LogP contribution >= 0.6 is 15.9 Å². The highest BCUT2D eigenvalue weighted by atomic mass is 79.9.